The summed E-state index contributed by atoms with van der Waals surface area (Å²) >= 11 is 3.39. The van der Waals surface area contributed by atoms with Gasteiger partial charge >= 0.3 is 5.97 Å². The highest BCUT2D eigenvalue weighted by atomic mass is 79.9. The number of rotatable bonds is 7. The number of nitrogens with zero attached hydrogens (tertiary/aromatic N) is 1. The normalized spacial score (nSPS) is 16.5. The van der Waals surface area contributed by atoms with Gasteiger partial charge in [0.15, 0.2) is 0 Å². The maximum atomic E-state index is 13.4. The molecule has 190 valence electrons. The van der Waals surface area contributed by atoms with Gasteiger partial charge in [0.1, 0.15) is 17.3 Å². The predicted molar refractivity (Wildman–Crippen MR) is 141 cm³/mol. The van der Waals surface area contributed by atoms with Gasteiger partial charge in [-0.15, -0.1) is 0 Å². The highest BCUT2D eigenvalue weighted by Gasteiger charge is 2.47. The molecule has 1 aliphatic heterocycles. The zero-order valence-corrected chi connectivity index (χ0v) is 21.9. The van der Waals surface area contributed by atoms with Crippen LogP contribution >= 0.6 is 15.9 Å². The van der Waals surface area contributed by atoms with Gasteiger partial charge in [-0.2, -0.15) is 0 Å². The smallest absolute Gasteiger partial charge is 0.338 e. The number of benzene rings is 3. The first-order valence-electron chi connectivity index (χ1n) is 11.4. The third-order valence-corrected chi connectivity index (χ3v) is 6.56. The summed E-state index contributed by atoms with van der Waals surface area (Å²) in [7, 11) is 3.04. The van der Waals surface area contributed by atoms with Crippen LogP contribution in [0.2, 0.25) is 0 Å². The first kappa shape index (κ1) is 26.0. The van der Waals surface area contributed by atoms with Gasteiger partial charge in [-0.05, 0) is 76.9 Å². The van der Waals surface area contributed by atoms with E-state index >= 15 is 0 Å². The van der Waals surface area contributed by atoms with Crippen molar-refractivity contribution in [2.75, 3.05) is 25.7 Å². The molecule has 1 aliphatic rings. The predicted octanol–water partition coefficient (Wildman–Crippen LogP) is 5.27. The zero-order valence-electron chi connectivity index (χ0n) is 20.4. The quantitative estimate of drug-likeness (QED) is 0.180. The van der Waals surface area contributed by atoms with E-state index in [2.05, 4.69) is 15.9 Å². The molecular formula is C28H24BrNO7. The molecule has 9 heteroatoms. The molecule has 0 radical (unpaired) electrons. The van der Waals surface area contributed by atoms with Crippen molar-refractivity contribution in [3.8, 4) is 11.5 Å². The Morgan fingerprint density at radius 1 is 0.973 bits per heavy atom. The Bertz CT molecular complexity index is 1400. The number of esters is 1. The molecule has 0 saturated carbocycles. The fraction of sp³-hybridized carbons (Fsp3) is 0.179. The first-order chi connectivity index (χ1) is 17.8. The van der Waals surface area contributed by atoms with Gasteiger partial charge in [-0.1, -0.05) is 18.2 Å². The Balaban J connectivity index is 1.91. The Morgan fingerprint density at radius 2 is 1.70 bits per heavy atom. The second-order valence-corrected chi connectivity index (χ2v) is 8.92. The van der Waals surface area contributed by atoms with Crippen LogP contribution in [0.5, 0.6) is 11.5 Å². The lowest BCUT2D eigenvalue weighted by atomic mass is 9.95. The maximum Gasteiger partial charge on any atom is 0.338 e. The number of methoxy groups -OCH3 is 2. The molecule has 0 bridgehead atoms. The number of Topliss-reactive ketones (excluding diaryl/α,β-unsaturated/α-hetero) is 1. The number of halogens is 1. The number of hydrogen-bond donors (Lipinski definition) is 1. The summed E-state index contributed by atoms with van der Waals surface area (Å²) in [6.07, 6.45) is 0. The van der Waals surface area contributed by atoms with Crippen LogP contribution in [0.25, 0.3) is 5.76 Å². The largest absolute Gasteiger partial charge is 0.507 e. The van der Waals surface area contributed by atoms with Gasteiger partial charge in [0, 0.05) is 11.3 Å². The molecule has 1 fully saturated rings. The van der Waals surface area contributed by atoms with Gasteiger partial charge in [-0.25, -0.2) is 4.79 Å². The molecule has 0 aromatic heterocycles. The van der Waals surface area contributed by atoms with Gasteiger partial charge in [0.2, 0.25) is 0 Å². The molecule has 8 nitrogen and oxygen atoms in total. The third kappa shape index (κ3) is 4.95. The van der Waals surface area contributed by atoms with Crippen molar-refractivity contribution >= 4 is 45.0 Å². The van der Waals surface area contributed by atoms with Crippen LogP contribution in [0.4, 0.5) is 5.69 Å². The van der Waals surface area contributed by atoms with Crippen molar-refractivity contribution in [1.82, 2.24) is 0 Å². The minimum absolute atomic E-state index is 0.0891. The SMILES string of the molecule is CCOC(=O)c1cccc(N2C(=O)C(=O)/C(=C(/O)c3ccc(OC)c(Br)c3)C2c2ccc(OC)cc2)c1. The second-order valence-electron chi connectivity index (χ2n) is 8.06. The van der Waals surface area contributed by atoms with Gasteiger partial charge in [0.05, 0.1) is 42.5 Å². The van der Waals surface area contributed by atoms with Crippen molar-refractivity contribution in [2.24, 2.45) is 0 Å². The van der Waals surface area contributed by atoms with Crippen molar-refractivity contribution in [2.45, 2.75) is 13.0 Å². The highest BCUT2D eigenvalue weighted by Crippen LogP contribution is 2.43. The average molecular weight is 566 g/mol. The summed E-state index contributed by atoms with van der Waals surface area (Å²) < 4.78 is 16.2. The van der Waals surface area contributed by atoms with Gasteiger partial charge < -0.3 is 19.3 Å². The van der Waals surface area contributed by atoms with Gasteiger partial charge in [-0.3, -0.25) is 14.5 Å². The van der Waals surface area contributed by atoms with Crippen LogP contribution in [0.1, 0.15) is 34.5 Å². The lowest BCUT2D eigenvalue weighted by Gasteiger charge is -2.26. The Labute approximate surface area is 222 Å². The molecule has 1 heterocycles. The van der Waals surface area contributed by atoms with E-state index in [0.29, 0.717) is 32.8 Å². The monoisotopic (exact) mass is 565 g/mol. The lowest BCUT2D eigenvalue weighted by molar-refractivity contribution is -0.132. The van der Waals surface area contributed by atoms with E-state index in [0.717, 1.165) is 0 Å². The molecule has 1 saturated heterocycles. The van der Waals surface area contributed by atoms with Crippen LogP contribution < -0.4 is 14.4 Å². The summed E-state index contributed by atoms with van der Waals surface area (Å²) in [6, 6.07) is 17.0. The Hall–Kier alpha value is -4.11. The zero-order chi connectivity index (χ0) is 26.7. The minimum Gasteiger partial charge on any atom is -0.507 e. The Morgan fingerprint density at radius 3 is 2.32 bits per heavy atom. The molecule has 37 heavy (non-hydrogen) atoms. The van der Waals surface area contributed by atoms with Crippen molar-refractivity contribution in [3.63, 3.8) is 0 Å². The van der Waals surface area contributed by atoms with E-state index < -0.39 is 23.7 Å². The van der Waals surface area contributed by atoms with E-state index in [-0.39, 0.29) is 23.5 Å². The average Bonchev–Trinajstić information content (AvgIpc) is 3.18. The van der Waals surface area contributed by atoms with Crippen molar-refractivity contribution in [3.05, 3.63) is 93.5 Å². The van der Waals surface area contributed by atoms with Crippen LogP contribution in [-0.4, -0.2) is 43.6 Å². The minimum atomic E-state index is -0.968. The number of carbonyl (C=O) groups excluding carboxylic acids is 3. The highest BCUT2D eigenvalue weighted by molar-refractivity contribution is 9.10. The maximum absolute atomic E-state index is 13.4. The van der Waals surface area contributed by atoms with E-state index in [1.54, 1.807) is 67.6 Å². The molecule has 1 unspecified atom stereocenters. The topological polar surface area (TPSA) is 102 Å². The first-order valence-corrected chi connectivity index (χ1v) is 12.2. The fourth-order valence-electron chi connectivity index (χ4n) is 4.17. The molecule has 3 aromatic rings. The molecule has 0 spiro atoms. The van der Waals surface area contributed by atoms with Gasteiger partial charge in [0.25, 0.3) is 11.7 Å². The number of ketones is 1. The van der Waals surface area contributed by atoms with Crippen LogP contribution in [0.3, 0.4) is 0 Å². The van der Waals surface area contributed by atoms with Crippen LogP contribution in [0.15, 0.2) is 76.8 Å². The number of aliphatic hydroxyl groups is 1. The molecule has 4 rings (SSSR count). The number of hydrogen-bond acceptors (Lipinski definition) is 7. The van der Waals surface area contributed by atoms with Crippen molar-refractivity contribution in [1.29, 1.82) is 0 Å². The number of carbonyl (C=O) groups is 3. The second kappa shape index (κ2) is 10.9. The van der Waals surface area contributed by atoms with E-state index in [1.165, 1.54) is 25.2 Å². The molecular weight excluding hydrogens is 542 g/mol. The Kier molecular flexibility index (Phi) is 7.63. The number of aliphatic hydroxyl groups excluding tert-OH is 1. The standard InChI is InChI=1S/C28H24BrNO7/c1-4-37-28(34)18-6-5-7-19(14-18)30-24(16-8-11-20(35-2)12-9-16)23(26(32)27(30)33)25(31)17-10-13-22(36-3)21(29)15-17/h5-15,24,31H,4H2,1-3H3/b25-23+. The molecule has 0 aliphatic carbocycles. The molecule has 1 amide bonds. The summed E-state index contributed by atoms with van der Waals surface area (Å²) in [5.41, 5.74) is 1.34. The van der Waals surface area contributed by atoms with Crippen LogP contribution in [-0.2, 0) is 14.3 Å². The number of amides is 1. The van der Waals surface area contributed by atoms with E-state index in [1.807, 2.05) is 0 Å². The summed E-state index contributed by atoms with van der Waals surface area (Å²) in [4.78, 5) is 40.4. The van der Waals surface area contributed by atoms with E-state index in [9.17, 15) is 19.5 Å². The molecule has 1 N–H and O–H groups in total. The van der Waals surface area contributed by atoms with Crippen LogP contribution in [0, 0.1) is 0 Å². The number of anilines is 1. The lowest BCUT2D eigenvalue weighted by Crippen LogP contribution is -2.29. The summed E-state index contributed by atoms with van der Waals surface area (Å²) in [6.45, 7) is 1.89. The fourth-order valence-corrected chi connectivity index (χ4v) is 4.71. The number of ether oxygens (including phenoxy) is 3. The van der Waals surface area contributed by atoms with Crippen molar-refractivity contribution < 1.29 is 33.7 Å². The molecule has 3 aromatic carbocycles. The summed E-state index contributed by atoms with van der Waals surface area (Å²) in [5.74, 6) is -1.46. The van der Waals surface area contributed by atoms with E-state index in [4.69, 9.17) is 14.2 Å². The third-order valence-electron chi connectivity index (χ3n) is 5.94. The summed E-state index contributed by atoms with van der Waals surface area (Å²) in [5, 5.41) is 11.3. The molecule has 1 atom stereocenters.